The highest BCUT2D eigenvalue weighted by atomic mass is 16.1. The molecule has 1 aromatic heterocycles. The molecular weight excluding hydrogens is 180 g/mol. The summed E-state index contributed by atoms with van der Waals surface area (Å²) in [6, 6.07) is 6.97. The molecule has 1 amide bonds. The molecule has 2 N–H and O–H groups in total. The Labute approximate surface area is 80.2 Å². The van der Waals surface area contributed by atoms with Gasteiger partial charge in [-0.25, -0.2) is 9.67 Å². The first-order chi connectivity index (χ1) is 6.79. The van der Waals surface area contributed by atoms with Gasteiger partial charge < -0.3 is 5.73 Å². The fraction of sp³-hybridized carbons (Fsp3) is 0. The first-order valence-corrected chi connectivity index (χ1v) is 4.03. The van der Waals surface area contributed by atoms with Gasteiger partial charge in [0.15, 0.2) is 0 Å². The average molecular weight is 188 g/mol. The van der Waals surface area contributed by atoms with Crippen molar-refractivity contribution in [1.29, 1.82) is 0 Å². The highest BCUT2D eigenvalue weighted by Crippen LogP contribution is 2.11. The number of hydrogen-bond acceptors (Lipinski definition) is 3. The van der Waals surface area contributed by atoms with E-state index in [2.05, 4.69) is 10.1 Å². The van der Waals surface area contributed by atoms with Gasteiger partial charge in [0, 0.05) is 0 Å². The quantitative estimate of drug-likeness (QED) is 0.739. The molecule has 70 valence electrons. The van der Waals surface area contributed by atoms with E-state index in [1.54, 1.807) is 18.2 Å². The number of aromatic nitrogens is 3. The van der Waals surface area contributed by atoms with Crippen molar-refractivity contribution in [2.75, 3.05) is 0 Å². The van der Waals surface area contributed by atoms with Crippen LogP contribution >= 0.6 is 0 Å². The number of nitrogens with zero attached hydrogens (tertiary/aromatic N) is 3. The van der Waals surface area contributed by atoms with Crippen molar-refractivity contribution in [3.05, 3.63) is 42.5 Å². The predicted molar refractivity (Wildman–Crippen MR) is 49.9 cm³/mol. The summed E-state index contributed by atoms with van der Waals surface area (Å²) in [6.45, 7) is 0. The molecule has 0 aliphatic carbocycles. The summed E-state index contributed by atoms with van der Waals surface area (Å²) in [5.74, 6) is -0.476. The molecule has 5 heteroatoms. The zero-order chi connectivity index (χ0) is 9.97. The van der Waals surface area contributed by atoms with Crippen LogP contribution in [0.2, 0.25) is 0 Å². The van der Waals surface area contributed by atoms with Crippen molar-refractivity contribution in [3.8, 4) is 5.69 Å². The monoisotopic (exact) mass is 188 g/mol. The van der Waals surface area contributed by atoms with Crippen molar-refractivity contribution in [2.45, 2.75) is 0 Å². The maximum Gasteiger partial charge on any atom is 0.250 e. The molecule has 2 aromatic rings. The Kier molecular flexibility index (Phi) is 1.98. The Bertz CT molecular complexity index is 450. The van der Waals surface area contributed by atoms with E-state index in [0.717, 1.165) is 0 Å². The van der Waals surface area contributed by atoms with Gasteiger partial charge in [0.1, 0.15) is 12.7 Å². The normalized spacial score (nSPS) is 10.0. The summed E-state index contributed by atoms with van der Waals surface area (Å²) in [6.07, 6.45) is 2.92. The van der Waals surface area contributed by atoms with Crippen LogP contribution in [0.15, 0.2) is 36.9 Å². The molecule has 0 saturated carbocycles. The second-order valence-corrected chi connectivity index (χ2v) is 2.72. The zero-order valence-corrected chi connectivity index (χ0v) is 7.29. The molecule has 2 rings (SSSR count). The number of amides is 1. The van der Waals surface area contributed by atoms with Gasteiger partial charge in [-0.3, -0.25) is 4.79 Å². The molecule has 1 heterocycles. The Morgan fingerprint density at radius 1 is 1.36 bits per heavy atom. The lowest BCUT2D eigenvalue weighted by Gasteiger charge is -2.04. The summed E-state index contributed by atoms with van der Waals surface area (Å²) in [5, 5.41) is 3.93. The number of carbonyl (C=O) groups excluding carboxylic acids is 1. The van der Waals surface area contributed by atoms with Gasteiger partial charge in [0.2, 0.25) is 0 Å². The summed E-state index contributed by atoms with van der Waals surface area (Å²) in [5.41, 5.74) is 6.29. The number of primary amides is 1. The summed E-state index contributed by atoms with van der Waals surface area (Å²) in [7, 11) is 0. The topological polar surface area (TPSA) is 73.8 Å². The van der Waals surface area contributed by atoms with Crippen LogP contribution in [-0.4, -0.2) is 20.7 Å². The van der Waals surface area contributed by atoms with E-state index >= 15 is 0 Å². The van der Waals surface area contributed by atoms with Gasteiger partial charge in [-0.2, -0.15) is 5.10 Å². The molecule has 1 aromatic carbocycles. The molecule has 0 aliphatic heterocycles. The lowest BCUT2D eigenvalue weighted by atomic mass is 10.2. The van der Waals surface area contributed by atoms with E-state index in [1.165, 1.54) is 17.3 Å². The second-order valence-electron chi connectivity index (χ2n) is 2.72. The van der Waals surface area contributed by atoms with E-state index in [4.69, 9.17) is 5.73 Å². The zero-order valence-electron chi connectivity index (χ0n) is 7.29. The highest BCUT2D eigenvalue weighted by Gasteiger charge is 2.08. The van der Waals surface area contributed by atoms with Crippen molar-refractivity contribution in [1.82, 2.24) is 14.8 Å². The summed E-state index contributed by atoms with van der Waals surface area (Å²) in [4.78, 5) is 14.9. The van der Waals surface area contributed by atoms with E-state index in [1.807, 2.05) is 6.07 Å². The van der Waals surface area contributed by atoms with Crippen LogP contribution in [0.4, 0.5) is 0 Å². The number of para-hydroxylation sites is 1. The Hall–Kier alpha value is -2.17. The van der Waals surface area contributed by atoms with E-state index in [0.29, 0.717) is 11.3 Å². The number of nitrogens with two attached hydrogens (primary N) is 1. The van der Waals surface area contributed by atoms with Crippen LogP contribution < -0.4 is 5.73 Å². The summed E-state index contributed by atoms with van der Waals surface area (Å²) < 4.78 is 1.50. The maximum atomic E-state index is 11.1. The van der Waals surface area contributed by atoms with Crippen LogP contribution in [0.3, 0.4) is 0 Å². The lowest BCUT2D eigenvalue weighted by molar-refractivity contribution is 0.1000. The molecule has 5 nitrogen and oxygen atoms in total. The van der Waals surface area contributed by atoms with E-state index < -0.39 is 5.91 Å². The molecule has 0 unspecified atom stereocenters. The average Bonchev–Trinajstić information content (AvgIpc) is 2.70. The molecule has 0 atom stereocenters. The van der Waals surface area contributed by atoms with Crippen molar-refractivity contribution in [2.24, 2.45) is 5.73 Å². The standard InChI is InChI=1S/C9H8N4O/c10-9(14)7-3-1-2-4-8(7)13-6-11-5-12-13/h1-6H,(H2,10,14). The van der Waals surface area contributed by atoms with Crippen LogP contribution in [0.5, 0.6) is 0 Å². The third-order valence-corrected chi connectivity index (χ3v) is 1.84. The highest BCUT2D eigenvalue weighted by molar-refractivity contribution is 5.96. The Morgan fingerprint density at radius 3 is 2.79 bits per heavy atom. The number of carbonyl (C=O) groups is 1. The van der Waals surface area contributed by atoms with Crippen molar-refractivity contribution in [3.63, 3.8) is 0 Å². The smallest absolute Gasteiger partial charge is 0.250 e. The number of rotatable bonds is 2. The van der Waals surface area contributed by atoms with Crippen molar-refractivity contribution < 1.29 is 4.79 Å². The largest absolute Gasteiger partial charge is 0.366 e. The van der Waals surface area contributed by atoms with Gasteiger partial charge in [0.25, 0.3) is 5.91 Å². The predicted octanol–water partition coefficient (Wildman–Crippen LogP) is 0.366. The van der Waals surface area contributed by atoms with Crippen LogP contribution in [0.25, 0.3) is 5.69 Å². The minimum Gasteiger partial charge on any atom is -0.366 e. The van der Waals surface area contributed by atoms with E-state index in [9.17, 15) is 4.79 Å². The second kappa shape index (κ2) is 3.29. The van der Waals surface area contributed by atoms with Crippen LogP contribution in [-0.2, 0) is 0 Å². The Morgan fingerprint density at radius 2 is 2.14 bits per heavy atom. The van der Waals surface area contributed by atoms with Gasteiger partial charge in [-0.05, 0) is 12.1 Å². The fourth-order valence-corrected chi connectivity index (χ4v) is 1.21. The van der Waals surface area contributed by atoms with Crippen LogP contribution in [0, 0.1) is 0 Å². The van der Waals surface area contributed by atoms with Crippen LogP contribution in [0.1, 0.15) is 10.4 Å². The van der Waals surface area contributed by atoms with Gasteiger partial charge >= 0.3 is 0 Å². The van der Waals surface area contributed by atoms with Gasteiger partial charge in [-0.1, -0.05) is 12.1 Å². The van der Waals surface area contributed by atoms with Crippen molar-refractivity contribution >= 4 is 5.91 Å². The summed E-state index contributed by atoms with van der Waals surface area (Å²) >= 11 is 0. The Balaban J connectivity index is 2.58. The third kappa shape index (κ3) is 1.35. The molecular formula is C9H8N4O. The molecule has 0 radical (unpaired) electrons. The maximum absolute atomic E-state index is 11.1. The minimum absolute atomic E-state index is 0.429. The number of benzene rings is 1. The first kappa shape index (κ1) is 8.43. The fourth-order valence-electron chi connectivity index (χ4n) is 1.21. The number of hydrogen-bond donors (Lipinski definition) is 1. The molecule has 0 bridgehead atoms. The molecule has 14 heavy (non-hydrogen) atoms. The lowest BCUT2D eigenvalue weighted by Crippen LogP contribution is -2.14. The van der Waals surface area contributed by atoms with Gasteiger partial charge in [-0.15, -0.1) is 0 Å². The molecule has 0 saturated heterocycles. The molecule has 0 aliphatic rings. The SMILES string of the molecule is NC(=O)c1ccccc1-n1cncn1. The van der Waals surface area contributed by atoms with Gasteiger partial charge in [0.05, 0.1) is 11.3 Å². The third-order valence-electron chi connectivity index (χ3n) is 1.84. The molecule has 0 spiro atoms. The minimum atomic E-state index is -0.476. The van der Waals surface area contributed by atoms with E-state index in [-0.39, 0.29) is 0 Å². The first-order valence-electron chi connectivity index (χ1n) is 4.03. The molecule has 0 fully saturated rings.